The average molecular weight is 919 g/mol. The number of cyclic esters (lactones) is 2. The van der Waals surface area contributed by atoms with Crippen LogP contribution in [-0.4, -0.2) is 143 Å². The maximum Gasteiger partial charge on any atom is 0.414 e. The molecule has 0 spiro atoms. The van der Waals surface area contributed by atoms with Crippen LogP contribution in [0, 0.1) is 10.8 Å². The van der Waals surface area contributed by atoms with Crippen molar-refractivity contribution in [1.29, 1.82) is 10.8 Å². The number of ether oxygens (including phenoxy) is 3. The van der Waals surface area contributed by atoms with Gasteiger partial charge in [0.2, 0.25) is 5.91 Å². The lowest BCUT2D eigenvalue weighted by atomic mass is 10.1. The fraction of sp³-hybridized carbons (Fsp3) is 0.333. The molecule has 5 heterocycles. The van der Waals surface area contributed by atoms with Gasteiger partial charge in [0.1, 0.15) is 49.1 Å². The number of rotatable bonds is 14. The quantitative estimate of drug-likeness (QED) is 0.0465. The van der Waals surface area contributed by atoms with E-state index < -0.39 is 58.3 Å². The first-order valence-electron chi connectivity index (χ1n) is 20.0. The van der Waals surface area contributed by atoms with Crippen molar-refractivity contribution in [3.05, 3.63) is 108 Å². The minimum atomic E-state index is -3.63. The van der Waals surface area contributed by atoms with E-state index in [9.17, 15) is 37.2 Å². The van der Waals surface area contributed by atoms with E-state index in [0.717, 1.165) is 6.26 Å². The van der Waals surface area contributed by atoms with Crippen LogP contribution >= 0.6 is 0 Å². The molecule has 3 saturated heterocycles. The van der Waals surface area contributed by atoms with Crippen molar-refractivity contribution in [2.45, 2.75) is 32.1 Å². The van der Waals surface area contributed by atoms with Crippen molar-refractivity contribution in [3.8, 4) is 0 Å². The minimum Gasteiger partial charge on any atom is -0.472 e. The van der Waals surface area contributed by atoms with Gasteiger partial charge in [0, 0.05) is 42.1 Å². The number of hydrogen-bond donors (Lipinski definition) is 4. The Labute approximate surface area is 372 Å². The standard InChI is InChI=1S/C25H29N5O7.C17H17N3O7S/c1-3-36-24(33)16(2)29-10-9-28(14-21(29)31)12-20-13-30(25(34)37-20)19-6-4-17(5-7-19)22(26)27-23(32)18-8-11-35-15-18;1-28(23,24)26-10-14-8-20(17(22)27-14)13-4-2-11(3-5-13)15(18)19-16(21)12-6-7-25-9-12/h4-8,11,15-16,20H,3,9-10,12-14H2,1-2H3,(H2,26,27,32);2-7,9,14H,8,10H2,1H3,(H2,18,19,21). The topological polar surface area (TPSA) is 284 Å². The molecule has 22 nitrogen and oxygen atoms in total. The maximum absolute atomic E-state index is 12.6. The normalized spacial score (nSPS) is 18.0. The number of esters is 1. The van der Waals surface area contributed by atoms with Crippen LogP contribution in [0.25, 0.3) is 0 Å². The highest BCUT2D eigenvalue weighted by atomic mass is 32.2. The molecule has 7 rings (SSSR count). The fourth-order valence-corrected chi connectivity index (χ4v) is 7.14. The van der Waals surface area contributed by atoms with Gasteiger partial charge in [-0.1, -0.05) is 0 Å². The number of nitrogens with zero attached hydrogens (tertiary/aromatic N) is 4. The number of furan rings is 2. The molecular weight excluding hydrogens is 873 g/mol. The van der Waals surface area contributed by atoms with Crippen LogP contribution < -0.4 is 20.4 Å². The average Bonchev–Trinajstić information content (AvgIpc) is 4.12. The molecule has 3 atom stereocenters. The monoisotopic (exact) mass is 918 g/mol. The lowest BCUT2D eigenvalue weighted by Crippen LogP contribution is -2.56. The molecule has 23 heteroatoms. The van der Waals surface area contributed by atoms with Crippen LogP contribution in [0.1, 0.15) is 45.7 Å². The minimum absolute atomic E-state index is 0.0827. The molecule has 0 radical (unpaired) electrons. The summed E-state index contributed by atoms with van der Waals surface area (Å²) in [6, 6.07) is 15.3. The molecule has 3 aliphatic heterocycles. The van der Waals surface area contributed by atoms with Crippen LogP contribution in [0.2, 0.25) is 0 Å². The number of carbonyl (C=O) groups excluding carboxylic acids is 6. The third kappa shape index (κ3) is 12.4. The van der Waals surface area contributed by atoms with E-state index in [-0.39, 0.29) is 43.9 Å². The molecule has 0 saturated carbocycles. The van der Waals surface area contributed by atoms with E-state index in [4.69, 9.17) is 33.9 Å². The number of piperazine rings is 1. The van der Waals surface area contributed by atoms with E-state index in [1.54, 1.807) is 62.4 Å². The van der Waals surface area contributed by atoms with E-state index in [1.807, 2.05) is 4.90 Å². The summed E-state index contributed by atoms with van der Waals surface area (Å²) in [5.74, 6) is -1.72. The Kier molecular flexibility index (Phi) is 15.1. The molecule has 0 aliphatic carbocycles. The lowest BCUT2D eigenvalue weighted by molar-refractivity contribution is -0.156. The summed E-state index contributed by atoms with van der Waals surface area (Å²) in [6.45, 7) is 5.25. The van der Waals surface area contributed by atoms with Gasteiger partial charge in [0.05, 0.1) is 56.2 Å². The lowest BCUT2D eigenvalue weighted by Gasteiger charge is -2.37. The molecule has 0 bridgehead atoms. The first kappa shape index (κ1) is 47.1. The SMILES string of the molecule is CCOC(=O)C(C)N1CCN(CC2CN(c3ccc(C(=N)NC(=O)c4ccoc4)cc3)C(=O)O2)CC1=O.CS(=O)(=O)OCC1CN(c2ccc(C(=N)NC(=O)c3ccoc3)cc2)C(=O)O1. The third-order valence-electron chi connectivity index (χ3n) is 10.1. The number of amidine groups is 2. The number of carbonyl (C=O) groups is 6. The molecule has 2 aromatic carbocycles. The van der Waals surface area contributed by atoms with Gasteiger partial charge in [-0.15, -0.1) is 0 Å². The first-order chi connectivity index (χ1) is 31.0. The summed E-state index contributed by atoms with van der Waals surface area (Å²) in [6.07, 6.45) is 3.95. The van der Waals surface area contributed by atoms with Gasteiger partial charge in [-0.05, 0) is 74.5 Å². The zero-order valence-electron chi connectivity index (χ0n) is 35.4. The molecule has 3 unspecified atom stereocenters. The number of benzene rings is 2. The fourth-order valence-electron chi connectivity index (χ4n) is 6.74. The summed E-state index contributed by atoms with van der Waals surface area (Å²) in [5.41, 5.74) is 2.61. The van der Waals surface area contributed by atoms with Crippen LogP contribution in [0.4, 0.5) is 21.0 Å². The largest absolute Gasteiger partial charge is 0.472 e. The Morgan fingerprint density at radius 3 is 1.69 bits per heavy atom. The van der Waals surface area contributed by atoms with Gasteiger partial charge in [-0.2, -0.15) is 8.42 Å². The Bertz CT molecular complexity index is 2500. The van der Waals surface area contributed by atoms with Crippen LogP contribution in [0.5, 0.6) is 0 Å². The Balaban J connectivity index is 0.000000224. The van der Waals surface area contributed by atoms with E-state index >= 15 is 0 Å². The highest BCUT2D eigenvalue weighted by Crippen LogP contribution is 2.25. The number of nitrogens with one attached hydrogen (secondary N) is 4. The molecule has 3 fully saturated rings. The summed E-state index contributed by atoms with van der Waals surface area (Å²) in [4.78, 5) is 79.4. The molecule has 3 aliphatic rings. The van der Waals surface area contributed by atoms with Crippen molar-refractivity contribution in [2.75, 3.05) is 68.5 Å². The zero-order valence-corrected chi connectivity index (χ0v) is 36.2. The predicted molar refractivity (Wildman–Crippen MR) is 229 cm³/mol. The number of anilines is 2. The van der Waals surface area contributed by atoms with Crippen molar-refractivity contribution in [1.82, 2.24) is 20.4 Å². The molecule has 344 valence electrons. The van der Waals surface area contributed by atoms with E-state index in [0.29, 0.717) is 59.8 Å². The van der Waals surface area contributed by atoms with Crippen molar-refractivity contribution in [2.24, 2.45) is 0 Å². The Morgan fingerprint density at radius 1 is 0.754 bits per heavy atom. The second-order valence-electron chi connectivity index (χ2n) is 14.7. The summed E-state index contributed by atoms with van der Waals surface area (Å²) in [7, 11) is -3.63. The molecule has 4 N–H and O–H groups in total. The molecule has 65 heavy (non-hydrogen) atoms. The van der Waals surface area contributed by atoms with Gasteiger partial charge < -0.3 is 38.6 Å². The molecule has 4 aromatic rings. The van der Waals surface area contributed by atoms with Crippen molar-refractivity contribution < 1.29 is 64.4 Å². The van der Waals surface area contributed by atoms with E-state index in [1.165, 1.54) is 51.9 Å². The Morgan fingerprint density at radius 2 is 1.25 bits per heavy atom. The van der Waals surface area contributed by atoms with Gasteiger partial charge in [0.15, 0.2) is 0 Å². The highest BCUT2D eigenvalue weighted by molar-refractivity contribution is 7.86. The predicted octanol–water partition coefficient (Wildman–Crippen LogP) is 2.79. The third-order valence-corrected chi connectivity index (χ3v) is 10.7. The molecule has 2 aromatic heterocycles. The number of amides is 5. The van der Waals surface area contributed by atoms with Crippen molar-refractivity contribution in [3.63, 3.8) is 0 Å². The second kappa shape index (κ2) is 20.9. The second-order valence-corrected chi connectivity index (χ2v) is 16.4. The van der Waals surface area contributed by atoms with E-state index in [2.05, 4.69) is 14.8 Å². The Hall–Kier alpha value is -7.37. The molecular formula is C42H46N8O14S. The summed E-state index contributed by atoms with van der Waals surface area (Å²) in [5, 5.41) is 21.0. The van der Waals surface area contributed by atoms with Crippen LogP contribution in [0.3, 0.4) is 0 Å². The van der Waals surface area contributed by atoms with Gasteiger partial charge in [-0.25, -0.2) is 14.4 Å². The molecule has 5 amide bonds. The zero-order chi connectivity index (χ0) is 46.8. The first-order valence-corrected chi connectivity index (χ1v) is 21.9. The highest BCUT2D eigenvalue weighted by Gasteiger charge is 2.37. The summed E-state index contributed by atoms with van der Waals surface area (Å²) >= 11 is 0. The van der Waals surface area contributed by atoms with Crippen LogP contribution in [-0.2, 0) is 38.1 Å². The van der Waals surface area contributed by atoms with Gasteiger partial charge >= 0.3 is 18.2 Å². The maximum atomic E-state index is 12.6. The van der Waals surface area contributed by atoms with Gasteiger partial charge in [-0.3, -0.25) is 44.1 Å². The smallest absolute Gasteiger partial charge is 0.414 e. The number of hydrogen-bond acceptors (Lipinski definition) is 17. The van der Waals surface area contributed by atoms with Gasteiger partial charge in [0.25, 0.3) is 21.9 Å². The van der Waals surface area contributed by atoms with Crippen molar-refractivity contribution >= 4 is 69.0 Å². The summed E-state index contributed by atoms with van der Waals surface area (Å²) < 4.78 is 52.1. The van der Waals surface area contributed by atoms with Crippen LogP contribution in [0.15, 0.2) is 94.6 Å².